The maximum atomic E-state index is 13.8. The van der Waals surface area contributed by atoms with Crippen LogP contribution >= 0.6 is 0 Å². The van der Waals surface area contributed by atoms with Crippen molar-refractivity contribution >= 4 is 0 Å². The SMILES string of the molecule is CCCCc1cn(C2CCC2(CC)CC)c(=O)n1Cc1cnccc1-c1ccc(-c2nnn[nH]2)cc1. The summed E-state index contributed by atoms with van der Waals surface area (Å²) in [7, 11) is 0. The van der Waals surface area contributed by atoms with Crippen molar-refractivity contribution in [2.75, 3.05) is 0 Å². The third kappa shape index (κ3) is 4.29. The van der Waals surface area contributed by atoms with Gasteiger partial charge < -0.3 is 0 Å². The lowest BCUT2D eigenvalue weighted by atomic mass is 9.61. The molecule has 188 valence electrons. The van der Waals surface area contributed by atoms with Gasteiger partial charge in [0.05, 0.1) is 6.54 Å². The van der Waals surface area contributed by atoms with Crippen LogP contribution in [0.15, 0.2) is 53.7 Å². The van der Waals surface area contributed by atoms with Gasteiger partial charge in [0.1, 0.15) is 0 Å². The van der Waals surface area contributed by atoms with E-state index in [1.807, 2.05) is 35.2 Å². The molecule has 8 heteroatoms. The molecule has 1 aliphatic carbocycles. The lowest BCUT2D eigenvalue weighted by Crippen LogP contribution is -2.44. The van der Waals surface area contributed by atoms with Gasteiger partial charge in [0.25, 0.3) is 0 Å². The van der Waals surface area contributed by atoms with Gasteiger partial charge in [-0.3, -0.25) is 14.1 Å². The van der Waals surface area contributed by atoms with Crippen molar-refractivity contribution < 1.29 is 0 Å². The lowest BCUT2D eigenvalue weighted by molar-refractivity contribution is 0.0281. The molecule has 1 saturated carbocycles. The van der Waals surface area contributed by atoms with Gasteiger partial charge in [-0.25, -0.2) is 9.89 Å². The first-order chi connectivity index (χ1) is 17.6. The van der Waals surface area contributed by atoms with Crippen molar-refractivity contribution in [3.8, 4) is 22.5 Å². The van der Waals surface area contributed by atoms with Gasteiger partial charge in [-0.15, -0.1) is 5.10 Å². The van der Waals surface area contributed by atoms with Gasteiger partial charge in [0, 0.05) is 35.9 Å². The van der Waals surface area contributed by atoms with Crippen LogP contribution in [-0.2, 0) is 13.0 Å². The molecule has 0 saturated heterocycles. The number of hydrogen-bond donors (Lipinski definition) is 1. The van der Waals surface area contributed by atoms with Crippen molar-refractivity contribution in [2.24, 2.45) is 5.41 Å². The van der Waals surface area contributed by atoms with Gasteiger partial charge in [0.15, 0.2) is 5.82 Å². The van der Waals surface area contributed by atoms with Crippen molar-refractivity contribution in [1.29, 1.82) is 0 Å². The Balaban J connectivity index is 1.49. The smallest absolute Gasteiger partial charge is 0.295 e. The zero-order valence-corrected chi connectivity index (χ0v) is 21.4. The molecular formula is C28H35N7O. The number of nitrogens with one attached hydrogen (secondary N) is 1. The van der Waals surface area contributed by atoms with Crippen LogP contribution < -0.4 is 5.69 Å². The fraction of sp³-hybridized carbons (Fsp3) is 0.464. The minimum Gasteiger partial charge on any atom is -0.295 e. The number of rotatable bonds is 10. The second kappa shape index (κ2) is 10.2. The first-order valence-corrected chi connectivity index (χ1v) is 13.2. The summed E-state index contributed by atoms with van der Waals surface area (Å²) in [5.41, 5.74) is 5.59. The molecule has 36 heavy (non-hydrogen) atoms. The summed E-state index contributed by atoms with van der Waals surface area (Å²) < 4.78 is 4.04. The van der Waals surface area contributed by atoms with Gasteiger partial charge in [-0.1, -0.05) is 51.5 Å². The first-order valence-electron chi connectivity index (χ1n) is 13.2. The van der Waals surface area contributed by atoms with Crippen LogP contribution in [0.3, 0.4) is 0 Å². The lowest BCUT2D eigenvalue weighted by Gasteiger charge is -2.49. The number of nitrogens with zero attached hydrogens (tertiary/aromatic N) is 6. The molecule has 3 heterocycles. The fourth-order valence-electron chi connectivity index (χ4n) is 5.78. The van der Waals surface area contributed by atoms with Crippen LogP contribution in [-0.4, -0.2) is 34.7 Å². The number of unbranched alkanes of at least 4 members (excludes halogenated alkanes) is 1. The largest absolute Gasteiger partial charge is 0.328 e. The van der Waals surface area contributed by atoms with E-state index in [4.69, 9.17) is 0 Å². The third-order valence-corrected chi connectivity index (χ3v) is 8.29. The summed E-state index contributed by atoms with van der Waals surface area (Å²) in [6.07, 6.45) is 13.5. The Morgan fingerprint density at radius 1 is 1.08 bits per heavy atom. The van der Waals surface area contributed by atoms with Crippen molar-refractivity contribution in [3.63, 3.8) is 0 Å². The summed E-state index contributed by atoms with van der Waals surface area (Å²) >= 11 is 0. The summed E-state index contributed by atoms with van der Waals surface area (Å²) in [6, 6.07) is 10.5. The molecule has 3 aromatic heterocycles. The standard InChI is InChI=1S/C28H35N7O/c1-4-7-8-23-19-35(25-13-15-28(25,5-2)6-3)27(36)34(23)18-22-17-29-16-14-24(22)20-9-11-21(12-10-20)26-30-32-33-31-26/h9-12,14,16-17,19,25H,4-8,13,15,18H2,1-3H3,(H,30,31,32,33). The molecule has 1 aliphatic rings. The van der Waals surface area contributed by atoms with E-state index in [1.54, 1.807) is 0 Å². The van der Waals surface area contributed by atoms with Crippen LogP contribution in [0, 0.1) is 5.41 Å². The Bertz CT molecular complexity index is 1340. The van der Waals surface area contributed by atoms with Crippen LogP contribution in [0.4, 0.5) is 0 Å². The van der Waals surface area contributed by atoms with Crippen molar-refractivity contribution in [2.45, 2.75) is 78.3 Å². The number of aromatic amines is 1. The van der Waals surface area contributed by atoms with Crippen LogP contribution in [0.25, 0.3) is 22.5 Å². The predicted octanol–water partition coefficient (Wildman–Crippen LogP) is 5.42. The molecule has 0 radical (unpaired) electrons. The highest BCUT2D eigenvalue weighted by atomic mass is 16.1. The quantitative estimate of drug-likeness (QED) is 0.323. The number of pyridine rings is 1. The Morgan fingerprint density at radius 3 is 2.50 bits per heavy atom. The Labute approximate surface area is 211 Å². The molecule has 1 atom stereocenters. The normalized spacial score (nSPS) is 16.7. The minimum absolute atomic E-state index is 0.111. The molecule has 0 aliphatic heterocycles. The molecule has 1 N–H and O–H groups in total. The Morgan fingerprint density at radius 2 is 1.86 bits per heavy atom. The van der Waals surface area contributed by atoms with E-state index in [9.17, 15) is 4.79 Å². The first kappa shape index (κ1) is 24.2. The second-order valence-corrected chi connectivity index (χ2v) is 9.98. The minimum atomic E-state index is 0.111. The maximum absolute atomic E-state index is 13.8. The monoisotopic (exact) mass is 485 g/mol. The van der Waals surface area contributed by atoms with Crippen LogP contribution in [0.1, 0.15) is 76.6 Å². The highest BCUT2D eigenvalue weighted by molar-refractivity contribution is 5.69. The molecular weight excluding hydrogens is 450 g/mol. The van der Waals surface area contributed by atoms with E-state index >= 15 is 0 Å². The van der Waals surface area contributed by atoms with Gasteiger partial charge >= 0.3 is 5.69 Å². The Kier molecular flexibility index (Phi) is 6.85. The van der Waals surface area contributed by atoms with E-state index in [-0.39, 0.29) is 11.1 Å². The molecule has 4 aromatic rings. The summed E-state index contributed by atoms with van der Waals surface area (Å²) in [5.74, 6) is 0.635. The van der Waals surface area contributed by atoms with Crippen LogP contribution in [0.5, 0.6) is 0 Å². The van der Waals surface area contributed by atoms with Gasteiger partial charge in [0.2, 0.25) is 0 Å². The fourth-order valence-corrected chi connectivity index (χ4v) is 5.78. The van der Waals surface area contributed by atoms with Gasteiger partial charge in [-0.05, 0) is 77.1 Å². The summed E-state index contributed by atoms with van der Waals surface area (Å²) in [6.45, 7) is 7.24. The number of benzene rings is 1. The van der Waals surface area contributed by atoms with E-state index in [1.165, 1.54) is 6.42 Å². The van der Waals surface area contributed by atoms with Crippen molar-refractivity contribution in [1.82, 2.24) is 34.7 Å². The average Bonchev–Trinajstić information content (AvgIpc) is 3.53. The Hall–Kier alpha value is -3.55. The number of tetrazole rings is 1. The molecule has 0 spiro atoms. The van der Waals surface area contributed by atoms with E-state index in [0.717, 1.165) is 66.5 Å². The molecule has 8 nitrogen and oxygen atoms in total. The molecule has 5 rings (SSSR count). The zero-order chi connectivity index (χ0) is 25.1. The highest BCUT2D eigenvalue weighted by Gasteiger charge is 2.45. The zero-order valence-electron chi connectivity index (χ0n) is 21.4. The van der Waals surface area contributed by atoms with Crippen LogP contribution in [0.2, 0.25) is 0 Å². The molecule has 1 fully saturated rings. The predicted molar refractivity (Wildman–Crippen MR) is 141 cm³/mol. The molecule has 0 amide bonds. The second-order valence-electron chi connectivity index (χ2n) is 9.98. The van der Waals surface area contributed by atoms with E-state index in [0.29, 0.717) is 18.4 Å². The number of aryl methyl sites for hydroxylation is 1. The summed E-state index contributed by atoms with van der Waals surface area (Å²) in [5, 5.41) is 14.1. The molecule has 1 aromatic carbocycles. The topological polar surface area (TPSA) is 94.3 Å². The number of aromatic nitrogens is 7. The van der Waals surface area contributed by atoms with Crippen molar-refractivity contribution in [3.05, 3.63) is 70.7 Å². The average molecular weight is 486 g/mol. The number of imidazole rings is 1. The maximum Gasteiger partial charge on any atom is 0.328 e. The number of hydrogen-bond acceptors (Lipinski definition) is 5. The molecule has 0 bridgehead atoms. The summed E-state index contributed by atoms with van der Waals surface area (Å²) in [4.78, 5) is 18.2. The van der Waals surface area contributed by atoms with E-state index < -0.39 is 0 Å². The van der Waals surface area contributed by atoms with Gasteiger partial charge in [-0.2, -0.15) is 0 Å². The highest BCUT2D eigenvalue weighted by Crippen LogP contribution is 2.54. The molecule has 1 unspecified atom stereocenters. The number of H-pyrrole nitrogens is 1. The third-order valence-electron chi connectivity index (χ3n) is 8.29. The van der Waals surface area contributed by atoms with E-state index in [2.05, 4.69) is 69.3 Å².